The van der Waals surface area contributed by atoms with Crippen LogP contribution in [0.25, 0.3) is 11.3 Å². The average molecular weight is 257 g/mol. The molecular formula is C14H19N5. The summed E-state index contributed by atoms with van der Waals surface area (Å²) in [6.07, 6.45) is 1.87. The summed E-state index contributed by atoms with van der Waals surface area (Å²) in [6.45, 7) is 6.51. The molecule has 1 aliphatic rings. The second kappa shape index (κ2) is 4.05. The number of fused-ring (bicyclic) bond motifs is 3. The Morgan fingerprint density at radius 2 is 1.95 bits per heavy atom. The molecule has 3 heterocycles. The van der Waals surface area contributed by atoms with E-state index < -0.39 is 0 Å². The van der Waals surface area contributed by atoms with Crippen LogP contribution in [-0.2, 0) is 7.05 Å². The minimum Gasteiger partial charge on any atom is -0.364 e. The molecule has 1 atom stereocenters. The van der Waals surface area contributed by atoms with Crippen molar-refractivity contribution in [2.24, 2.45) is 7.05 Å². The van der Waals surface area contributed by atoms with Gasteiger partial charge in [0.05, 0.1) is 17.4 Å². The van der Waals surface area contributed by atoms with Gasteiger partial charge in [0.15, 0.2) is 0 Å². The molecule has 0 aliphatic carbocycles. The van der Waals surface area contributed by atoms with Crippen molar-refractivity contribution in [3.05, 3.63) is 23.7 Å². The van der Waals surface area contributed by atoms with E-state index in [0.717, 1.165) is 22.6 Å². The maximum atomic E-state index is 4.56. The number of rotatable bonds is 1. The number of aromatic nitrogens is 4. The van der Waals surface area contributed by atoms with Crippen molar-refractivity contribution in [3.63, 3.8) is 0 Å². The number of anilines is 1. The molecular weight excluding hydrogens is 238 g/mol. The van der Waals surface area contributed by atoms with Crippen LogP contribution in [0.3, 0.4) is 0 Å². The molecule has 2 aromatic heterocycles. The van der Waals surface area contributed by atoms with Crippen molar-refractivity contribution in [3.8, 4) is 11.3 Å². The minimum absolute atomic E-state index is 0.220. The second-order valence-electron chi connectivity index (χ2n) is 5.46. The monoisotopic (exact) mass is 257 g/mol. The maximum Gasteiger partial charge on any atom is 0.120 e. The van der Waals surface area contributed by atoms with Gasteiger partial charge in [0.2, 0.25) is 0 Å². The summed E-state index contributed by atoms with van der Waals surface area (Å²) in [5, 5.41) is 9.03. The number of hydrogen-bond acceptors (Lipinski definition) is 4. The smallest absolute Gasteiger partial charge is 0.120 e. The molecule has 0 saturated heterocycles. The highest BCUT2D eigenvalue weighted by molar-refractivity contribution is 5.82. The molecule has 0 amide bonds. The van der Waals surface area contributed by atoms with E-state index in [4.69, 9.17) is 0 Å². The minimum atomic E-state index is 0.220. The van der Waals surface area contributed by atoms with Crippen LogP contribution in [0.5, 0.6) is 0 Å². The third-order valence-electron chi connectivity index (χ3n) is 3.82. The van der Waals surface area contributed by atoms with Gasteiger partial charge in [0, 0.05) is 25.9 Å². The summed E-state index contributed by atoms with van der Waals surface area (Å²) < 4.78 is 0. The molecule has 0 fully saturated rings. The molecule has 0 unspecified atom stereocenters. The van der Waals surface area contributed by atoms with E-state index in [1.54, 1.807) is 4.80 Å². The molecule has 5 nitrogen and oxygen atoms in total. The summed E-state index contributed by atoms with van der Waals surface area (Å²) in [6, 6.07) is 2.26. The highest BCUT2D eigenvalue weighted by Gasteiger charge is 2.32. The van der Waals surface area contributed by atoms with Gasteiger partial charge >= 0.3 is 0 Å². The fourth-order valence-electron chi connectivity index (χ4n) is 2.73. The number of hydrogen-bond donors (Lipinski definition) is 0. The molecule has 100 valence electrons. The molecule has 0 aromatic carbocycles. The zero-order chi connectivity index (χ0) is 13.7. The van der Waals surface area contributed by atoms with Crippen LogP contribution in [0.2, 0.25) is 0 Å². The SMILES string of the molecule is CC(C)c1nccc2c1N(C)[C@@H](C)c1nn(C)nc1-2. The van der Waals surface area contributed by atoms with Crippen molar-refractivity contribution in [1.82, 2.24) is 20.0 Å². The first kappa shape index (κ1) is 12.1. The Morgan fingerprint density at radius 3 is 2.63 bits per heavy atom. The van der Waals surface area contributed by atoms with Gasteiger partial charge in [-0.25, -0.2) is 0 Å². The predicted molar refractivity (Wildman–Crippen MR) is 75.1 cm³/mol. The van der Waals surface area contributed by atoms with Crippen molar-refractivity contribution >= 4 is 5.69 Å². The van der Waals surface area contributed by atoms with Gasteiger partial charge < -0.3 is 4.90 Å². The zero-order valence-electron chi connectivity index (χ0n) is 12.0. The standard InChI is InChI=1S/C14H19N5/c1-8(2)11-14-10(6-7-15-11)13-12(9(3)18(14)4)16-19(5)17-13/h6-9H,1-5H3/t9-/m0/s1. The molecule has 2 aromatic rings. The van der Waals surface area contributed by atoms with E-state index in [1.807, 2.05) is 19.3 Å². The highest BCUT2D eigenvalue weighted by Crippen LogP contribution is 2.44. The Balaban J connectivity index is 2.32. The fourth-order valence-corrected chi connectivity index (χ4v) is 2.73. The molecule has 0 spiro atoms. The Morgan fingerprint density at radius 1 is 1.21 bits per heavy atom. The van der Waals surface area contributed by atoms with Gasteiger partial charge in [-0.05, 0) is 18.9 Å². The zero-order valence-corrected chi connectivity index (χ0v) is 12.0. The first-order valence-corrected chi connectivity index (χ1v) is 6.64. The third kappa shape index (κ3) is 1.64. The molecule has 1 aliphatic heterocycles. The first-order valence-electron chi connectivity index (χ1n) is 6.64. The van der Waals surface area contributed by atoms with E-state index in [0.29, 0.717) is 5.92 Å². The molecule has 0 saturated carbocycles. The van der Waals surface area contributed by atoms with Crippen molar-refractivity contribution in [2.75, 3.05) is 11.9 Å². The lowest BCUT2D eigenvalue weighted by Crippen LogP contribution is -2.28. The third-order valence-corrected chi connectivity index (χ3v) is 3.82. The van der Waals surface area contributed by atoms with Crippen molar-refractivity contribution in [2.45, 2.75) is 32.7 Å². The van der Waals surface area contributed by atoms with Gasteiger partial charge in [-0.1, -0.05) is 13.8 Å². The Labute approximate surface area is 113 Å². The van der Waals surface area contributed by atoms with Crippen molar-refractivity contribution in [1.29, 1.82) is 0 Å². The van der Waals surface area contributed by atoms with E-state index in [2.05, 4.69) is 47.9 Å². The molecule has 19 heavy (non-hydrogen) atoms. The lowest BCUT2D eigenvalue weighted by molar-refractivity contribution is 0.624. The average Bonchev–Trinajstić information content (AvgIpc) is 2.77. The van der Waals surface area contributed by atoms with E-state index >= 15 is 0 Å². The highest BCUT2D eigenvalue weighted by atomic mass is 15.5. The number of pyridine rings is 1. The summed E-state index contributed by atoms with van der Waals surface area (Å²) in [4.78, 5) is 8.47. The lowest BCUT2D eigenvalue weighted by Gasteiger charge is -2.34. The molecule has 0 N–H and O–H groups in total. The van der Waals surface area contributed by atoms with Gasteiger partial charge in [-0.3, -0.25) is 4.98 Å². The van der Waals surface area contributed by atoms with E-state index in [9.17, 15) is 0 Å². The number of nitrogens with zero attached hydrogens (tertiary/aromatic N) is 5. The van der Waals surface area contributed by atoms with Crippen LogP contribution in [-0.4, -0.2) is 27.0 Å². The van der Waals surface area contributed by atoms with Gasteiger partial charge in [-0.2, -0.15) is 15.0 Å². The van der Waals surface area contributed by atoms with E-state index in [-0.39, 0.29) is 6.04 Å². The topological polar surface area (TPSA) is 46.8 Å². The fraction of sp³-hybridized carbons (Fsp3) is 0.500. The Bertz CT molecular complexity index is 629. The van der Waals surface area contributed by atoms with Gasteiger partial charge in [0.1, 0.15) is 11.4 Å². The van der Waals surface area contributed by atoms with Crippen LogP contribution in [0.15, 0.2) is 12.3 Å². The van der Waals surface area contributed by atoms with Crippen LogP contribution in [0.1, 0.15) is 44.1 Å². The van der Waals surface area contributed by atoms with Gasteiger partial charge in [-0.15, -0.1) is 0 Å². The molecule has 0 bridgehead atoms. The van der Waals surface area contributed by atoms with Gasteiger partial charge in [0.25, 0.3) is 0 Å². The summed E-state index contributed by atoms with van der Waals surface area (Å²) in [5.41, 5.74) is 5.49. The summed E-state index contributed by atoms with van der Waals surface area (Å²) in [7, 11) is 3.98. The normalized spacial score (nSPS) is 17.6. The number of aryl methyl sites for hydroxylation is 1. The largest absolute Gasteiger partial charge is 0.364 e. The molecule has 5 heteroatoms. The van der Waals surface area contributed by atoms with E-state index in [1.165, 1.54) is 5.69 Å². The summed E-state index contributed by atoms with van der Waals surface area (Å²) in [5.74, 6) is 0.392. The molecule has 0 radical (unpaired) electrons. The van der Waals surface area contributed by atoms with Crippen LogP contribution < -0.4 is 4.90 Å². The van der Waals surface area contributed by atoms with Crippen LogP contribution in [0.4, 0.5) is 5.69 Å². The van der Waals surface area contributed by atoms with Crippen LogP contribution >= 0.6 is 0 Å². The maximum absolute atomic E-state index is 4.56. The summed E-state index contributed by atoms with van der Waals surface area (Å²) >= 11 is 0. The Hall–Kier alpha value is -1.91. The quantitative estimate of drug-likeness (QED) is 0.787. The molecule has 3 rings (SSSR count). The van der Waals surface area contributed by atoms with Crippen LogP contribution in [0, 0.1) is 0 Å². The van der Waals surface area contributed by atoms with Crippen molar-refractivity contribution < 1.29 is 0 Å². The first-order chi connectivity index (χ1) is 9.00. The predicted octanol–water partition coefficient (Wildman–Crippen LogP) is 2.51. The Kier molecular flexibility index (Phi) is 2.59. The lowest BCUT2D eigenvalue weighted by atomic mass is 9.94. The second-order valence-corrected chi connectivity index (χ2v) is 5.46.